The van der Waals surface area contributed by atoms with Gasteiger partial charge in [0, 0.05) is 17.5 Å². The number of ether oxygens (including phenoxy) is 1. The number of aliphatic hydroxyl groups is 1. The first-order valence-corrected chi connectivity index (χ1v) is 9.00. The number of rotatable bonds is 8. The molecule has 0 amide bonds. The minimum Gasteiger partial charge on any atom is -0.368 e. The van der Waals surface area contributed by atoms with Gasteiger partial charge in [-0.05, 0) is 18.4 Å². The molecule has 0 aromatic heterocycles. The van der Waals surface area contributed by atoms with Crippen molar-refractivity contribution in [3.63, 3.8) is 0 Å². The van der Waals surface area contributed by atoms with Crippen molar-refractivity contribution < 1.29 is 14.6 Å². The van der Waals surface area contributed by atoms with E-state index in [1.165, 1.54) is 0 Å². The summed E-state index contributed by atoms with van der Waals surface area (Å²) in [4.78, 5) is 12.4. The zero-order valence-electron chi connectivity index (χ0n) is 14.0. The van der Waals surface area contributed by atoms with Crippen LogP contribution in [0, 0.1) is 0 Å². The zero-order chi connectivity index (χ0) is 17.6. The number of carbonyl (C=O) groups is 1. The summed E-state index contributed by atoms with van der Waals surface area (Å²) in [5.41, 5.74) is 2.23. The third-order valence-corrected chi connectivity index (χ3v) is 5.37. The first-order valence-electron chi connectivity index (χ1n) is 8.21. The van der Waals surface area contributed by atoms with Crippen LogP contribution in [0.1, 0.15) is 48.2 Å². The molecule has 2 rings (SSSR count). The molecule has 0 aliphatic rings. The van der Waals surface area contributed by atoms with Gasteiger partial charge >= 0.3 is 0 Å². The number of alkyl halides is 1. The third kappa shape index (κ3) is 5.00. The molecule has 1 unspecified atom stereocenters. The maximum absolute atomic E-state index is 12.4. The van der Waals surface area contributed by atoms with Crippen molar-refractivity contribution in [2.75, 3.05) is 0 Å². The van der Waals surface area contributed by atoms with Crippen LogP contribution in [0.4, 0.5) is 0 Å². The maximum atomic E-state index is 12.4. The first kappa shape index (κ1) is 18.8. The van der Waals surface area contributed by atoms with Crippen LogP contribution in [0.15, 0.2) is 54.6 Å². The number of halogens is 1. The minimum atomic E-state index is -0.889. The Balaban J connectivity index is 2.01. The van der Waals surface area contributed by atoms with Crippen LogP contribution in [-0.2, 0) is 11.2 Å². The average Bonchev–Trinajstić information content (AvgIpc) is 2.62. The molecule has 0 aliphatic carbocycles. The number of benzene rings is 2. The Labute approximate surface area is 151 Å². The molecule has 0 saturated heterocycles. The van der Waals surface area contributed by atoms with Gasteiger partial charge in [0.1, 0.15) is 4.51 Å². The number of hydrogen-bond donors (Lipinski definition) is 1. The Morgan fingerprint density at radius 1 is 1.04 bits per heavy atom. The van der Waals surface area contributed by atoms with Gasteiger partial charge in [0.25, 0.3) is 0 Å². The lowest BCUT2D eigenvalue weighted by atomic mass is 10.0. The van der Waals surface area contributed by atoms with Gasteiger partial charge in [-0.2, -0.15) is 0 Å². The van der Waals surface area contributed by atoms with Crippen LogP contribution in [0.2, 0.25) is 0 Å². The summed E-state index contributed by atoms with van der Waals surface area (Å²) in [5.74, 6) is -0.00427. The van der Waals surface area contributed by atoms with E-state index in [-0.39, 0.29) is 5.78 Å². The third-order valence-electron chi connectivity index (χ3n) is 4.07. The van der Waals surface area contributed by atoms with Gasteiger partial charge in [-0.1, -0.05) is 84.4 Å². The Morgan fingerprint density at radius 2 is 1.58 bits per heavy atom. The van der Waals surface area contributed by atoms with Crippen molar-refractivity contribution >= 4 is 21.7 Å². The standard InChI is InChI=1S/C20H23BrO3/c1-3-20(21,4-2)24-18(22)14-15-10-12-17(13-11-15)19(23)16-8-6-5-7-9-16/h5-13,18,22H,3-4,14H2,1-2H3. The van der Waals surface area contributed by atoms with Crippen molar-refractivity contribution in [2.24, 2.45) is 0 Å². The fourth-order valence-corrected chi connectivity index (χ4v) is 2.67. The molecular weight excluding hydrogens is 368 g/mol. The molecule has 0 bridgehead atoms. The fraction of sp³-hybridized carbons (Fsp3) is 0.350. The molecule has 2 aromatic rings. The topological polar surface area (TPSA) is 46.5 Å². The van der Waals surface area contributed by atoms with Crippen molar-refractivity contribution in [2.45, 2.75) is 43.9 Å². The summed E-state index contributed by atoms with van der Waals surface area (Å²) in [5, 5.41) is 10.1. The van der Waals surface area contributed by atoms with Gasteiger partial charge in [-0.3, -0.25) is 4.79 Å². The Hall–Kier alpha value is -1.49. The predicted octanol–water partition coefficient (Wildman–Crippen LogP) is 4.71. The van der Waals surface area contributed by atoms with E-state index in [2.05, 4.69) is 15.9 Å². The van der Waals surface area contributed by atoms with E-state index in [0.717, 1.165) is 18.4 Å². The number of aliphatic hydroxyl groups excluding tert-OH is 1. The van der Waals surface area contributed by atoms with Crippen molar-refractivity contribution in [3.8, 4) is 0 Å². The fourth-order valence-electron chi connectivity index (χ4n) is 2.45. The Kier molecular flexibility index (Phi) is 6.72. The highest BCUT2D eigenvalue weighted by Crippen LogP contribution is 2.29. The number of carbonyl (C=O) groups excluding carboxylic acids is 1. The number of ketones is 1. The SMILES string of the molecule is CCC(Br)(CC)OC(O)Cc1ccc(C(=O)c2ccccc2)cc1. The summed E-state index contributed by atoms with van der Waals surface area (Å²) in [6, 6.07) is 16.5. The average molecular weight is 391 g/mol. The van der Waals surface area contributed by atoms with Gasteiger partial charge in [0.2, 0.25) is 0 Å². The first-order chi connectivity index (χ1) is 11.5. The molecule has 3 nitrogen and oxygen atoms in total. The predicted molar refractivity (Wildman–Crippen MR) is 99.4 cm³/mol. The van der Waals surface area contributed by atoms with E-state index in [1.54, 1.807) is 24.3 Å². The van der Waals surface area contributed by atoms with E-state index in [1.807, 2.05) is 44.2 Å². The highest BCUT2D eigenvalue weighted by atomic mass is 79.9. The second kappa shape index (κ2) is 8.56. The van der Waals surface area contributed by atoms with Gasteiger partial charge in [-0.25, -0.2) is 0 Å². The molecule has 0 radical (unpaired) electrons. The largest absolute Gasteiger partial charge is 0.368 e. The van der Waals surface area contributed by atoms with E-state index < -0.39 is 10.8 Å². The lowest BCUT2D eigenvalue weighted by Gasteiger charge is -2.28. The molecule has 1 atom stereocenters. The molecule has 24 heavy (non-hydrogen) atoms. The lowest BCUT2D eigenvalue weighted by molar-refractivity contribution is -0.147. The molecule has 0 spiro atoms. The molecule has 0 saturated carbocycles. The summed E-state index contributed by atoms with van der Waals surface area (Å²) in [6.07, 6.45) is 1.03. The van der Waals surface area contributed by atoms with Crippen LogP contribution in [0.3, 0.4) is 0 Å². The quantitative estimate of drug-likeness (QED) is 0.403. The van der Waals surface area contributed by atoms with Crippen molar-refractivity contribution in [3.05, 3.63) is 71.3 Å². The number of hydrogen-bond acceptors (Lipinski definition) is 3. The van der Waals surface area contributed by atoms with Gasteiger partial charge in [0.15, 0.2) is 12.1 Å². The minimum absolute atomic E-state index is 0.00427. The summed E-state index contributed by atoms with van der Waals surface area (Å²) in [7, 11) is 0. The normalized spacial score (nSPS) is 12.8. The molecule has 2 aromatic carbocycles. The van der Waals surface area contributed by atoms with E-state index in [0.29, 0.717) is 17.5 Å². The van der Waals surface area contributed by atoms with Crippen LogP contribution in [-0.4, -0.2) is 21.7 Å². The Bertz CT molecular complexity index is 648. The van der Waals surface area contributed by atoms with Crippen molar-refractivity contribution in [1.29, 1.82) is 0 Å². The van der Waals surface area contributed by atoms with Crippen LogP contribution in [0.5, 0.6) is 0 Å². The summed E-state index contributed by atoms with van der Waals surface area (Å²) < 4.78 is 5.20. The molecule has 0 heterocycles. The molecule has 128 valence electrons. The molecule has 4 heteroatoms. The molecular formula is C20H23BrO3. The van der Waals surface area contributed by atoms with Crippen molar-refractivity contribution in [1.82, 2.24) is 0 Å². The van der Waals surface area contributed by atoms with Gasteiger partial charge in [0.05, 0.1) is 0 Å². The summed E-state index contributed by atoms with van der Waals surface area (Å²) in [6.45, 7) is 4.02. The zero-order valence-corrected chi connectivity index (χ0v) is 15.6. The van der Waals surface area contributed by atoms with E-state index in [4.69, 9.17) is 4.74 Å². The van der Waals surface area contributed by atoms with Crippen LogP contribution in [0.25, 0.3) is 0 Å². The summed E-state index contributed by atoms with van der Waals surface area (Å²) >= 11 is 3.53. The molecule has 0 aliphatic heterocycles. The molecule has 1 N–H and O–H groups in total. The lowest BCUT2D eigenvalue weighted by Crippen LogP contribution is -2.30. The van der Waals surface area contributed by atoms with Crippen LogP contribution < -0.4 is 0 Å². The van der Waals surface area contributed by atoms with Gasteiger partial charge in [-0.15, -0.1) is 0 Å². The van der Waals surface area contributed by atoms with E-state index >= 15 is 0 Å². The van der Waals surface area contributed by atoms with Crippen LogP contribution >= 0.6 is 15.9 Å². The second-order valence-corrected chi connectivity index (χ2v) is 7.20. The smallest absolute Gasteiger partial charge is 0.193 e. The van der Waals surface area contributed by atoms with E-state index in [9.17, 15) is 9.90 Å². The highest BCUT2D eigenvalue weighted by molar-refractivity contribution is 9.10. The second-order valence-electron chi connectivity index (χ2n) is 5.76. The maximum Gasteiger partial charge on any atom is 0.193 e. The highest BCUT2D eigenvalue weighted by Gasteiger charge is 2.26. The Morgan fingerprint density at radius 3 is 2.12 bits per heavy atom. The molecule has 0 fully saturated rings. The van der Waals surface area contributed by atoms with Gasteiger partial charge < -0.3 is 9.84 Å². The monoisotopic (exact) mass is 390 g/mol.